The molecule has 5 aliphatic carbocycles. The monoisotopic (exact) mass is 373 g/mol. The lowest BCUT2D eigenvalue weighted by atomic mass is 9.53. The number of hydrogen-bond donors (Lipinski definition) is 2. The lowest BCUT2D eigenvalue weighted by Gasteiger charge is -2.56. The van der Waals surface area contributed by atoms with E-state index in [4.69, 9.17) is 0 Å². The van der Waals surface area contributed by atoms with E-state index in [0.29, 0.717) is 6.42 Å². The molecule has 6 fully saturated rings. The molecule has 1 aliphatic heterocycles. The summed E-state index contributed by atoms with van der Waals surface area (Å²) in [5.74, 6) is 2.01. The summed E-state index contributed by atoms with van der Waals surface area (Å²) >= 11 is 0. The van der Waals surface area contributed by atoms with E-state index in [1.807, 2.05) is 6.92 Å². The summed E-state index contributed by atoms with van der Waals surface area (Å²) in [7, 11) is 0. The molecule has 0 radical (unpaired) electrons. The highest BCUT2D eigenvalue weighted by molar-refractivity contribution is 6.09. The van der Waals surface area contributed by atoms with Crippen LogP contribution in [0.15, 0.2) is 0 Å². The quantitative estimate of drug-likeness (QED) is 0.747. The average Bonchev–Trinajstić information content (AvgIpc) is 2.81. The maximum Gasteiger partial charge on any atom is 0.325 e. The molecule has 6 rings (SSSR count). The summed E-state index contributed by atoms with van der Waals surface area (Å²) in [6, 6.07) is -0.394. The van der Waals surface area contributed by atoms with Crippen LogP contribution in [0.1, 0.15) is 71.1 Å². The molecule has 4 bridgehead atoms. The SMILES string of the molecule is C[C@@H]1CCCC[C@@]12NC(=O)N(CC(=O)NC13CC4CC(CC(C4)C1)C3)C2=O. The Morgan fingerprint density at radius 2 is 1.74 bits per heavy atom. The first-order valence-electron chi connectivity index (χ1n) is 10.8. The summed E-state index contributed by atoms with van der Waals surface area (Å²) in [6.45, 7) is 1.90. The van der Waals surface area contributed by atoms with Crippen molar-refractivity contribution in [1.82, 2.24) is 15.5 Å². The molecule has 4 amide bonds. The molecule has 0 aromatic heterocycles. The molecule has 1 heterocycles. The minimum atomic E-state index is -0.781. The van der Waals surface area contributed by atoms with Crippen molar-refractivity contribution in [1.29, 1.82) is 0 Å². The molecule has 6 heteroatoms. The second-order valence-corrected chi connectivity index (χ2v) is 10.2. The molecule has 1 saturated heterocycles. The number of imide groups is 1. The molecule has 1 spiro atoms. The van der Waals surface area contributed by atoms with Crippen molar-refractivity contribution in [3.05, 3.63) is 0 Å². The maximum absolute atomic E-state index is 13.1. The normalized spacial score (nSPS) is 45.4. The zero-order valence-corrected chi connectivity index (χ0v) is 16.3. The van der Waals surface area contributed by atoms with Crippen LogP contribution in [0, 0.1) is 23.7 Å². The number of hydrogen-bond acceptors (Lipinski definition) is 3. The van der Waals surface area contributed by atoms with Gasteiger partial charge in [-0.3, -0.25) is 14.5 Å². The smallest absolute Gasteiger partial charge is 0.325 e. The van der Waals surface area contributed by atoms with Crippen molar-refractivity contribution in [3.8, 4) is 0 Å². The minimum Gasteiger partial charge on any atom is -0.349 e. The molecule has 6 nitrogen and oxygen atoms in total. The van der Waals surface area contributed by atoms with Crippen molar-refractivity contribution >= 4 is 17.8 Å². The number of nitrogens with zero attached hydrogens (tertiary/aromatic N) is 1. The van der Waals surface area contributed by atoms with Crippen LogP contribution >= 0.6 is 0 Å². The molecule has 0 unspecified atom stereocenters. The molecular weight excluding hydrogens is 342 g/mol. The Balaban J connectivity index is 1.27. The van der Waals surface area contributed by atoms with E-state index >= 15 is 0 Å². The van der Waals surface area contributed by atoms with Gasteiger partial charge in [-0.1, -0.05) is 19.8 Å². The van der Waals surface area contributed by atoms with E-state index in [-0.39, 0.29) is 29.8 Å². The van der Waals surface area contributed by atoms with Crippen LogP contribution < -0.4 is 10.6 Å². The maximum atomic E-state index is 13.1. The van der Waals surface area contributed by atoms with Gasteiger partial charge >= 0.3 is 6.03 Å². The van der Waals surface area contributed by atoms with Crippen LogP contribution in [0.2, 0.25) is 0 Å². The fraction of sp³-hybridized carbons (Fsp3) is 0.857. The van der Waals surface area contributed by atoms with E-state index in [9.17, 15) is 14.4 Å². The van der Waals surface area contributed by atoms with Gasteiger partial charge in [-0.25, -0.2) is 4.79 Å². The van der Waals surface area contributed by atoms with E-state index in [1.54, 1.807) is 0 Å². The second-order valence-electron chi connectivity index (χ2n) is 10.2. The van der Waals surface area contributed by atoms with Crippen molar-refractivity contribution in [2.45, 2.75) is 82.2 Å². The zero-order chi connectivity index (χ0) is 18.8. The van der Waals surface area contributed by atoms with Crippen molar-refractivity contribution < 1.29 is 14.4 Å². The Morgan fingerprint density at radius 3 is 2.33 bits per heavy atom. The number of nitrogens with one attached hydrogen (secondary N) is 2. The van der Waals surface area contributed by atoms with Crippen LogP contribution in [-0.2, 0) is 9.59 Å². The van der Waals surface area contributed by atoms with Gasteiger partial charge in [0, 0.05) is 5.54 Å². The predicted molar refractivity (Wildman–Crippen MR) is 99.7 cm³/mol. The lowest BCUT2D eigenvalue weighted by Crippen LogP contribution is -2.61. The minimum absolute atomic E-state index is 0.0824. The fourth-order valence-electron chi connectivity index (χ4n) is 7.38. The van der Waals surface area contributed by atoms with Gasteiger partial charge in [0.2, 0.25) is 5.91 Å². The summed E-state index contributed by atoms with van der Waals surface area (Å²) in [6.07, 6.45) is 10.9. The van der Waals surface area contributed by atoms with Crippen molar-refractivity contribution in [3.63, 3.8) is 0 Å². The topological polar surface area (TPSA) is 78.5 Å². The van der Waals surface area contributed by atoms with Gasteiger partial charge in [0.15, 0.2) is 0 Å². The Kier molecular flexibility index (Phi) is 3.86. The number of amides is 4. The fourth-order valence-corrected chi connectivity index (χ4v) is 7.38. The van der Waals surface area contributed by atoms with Gasteiger partial charge in [0.1, 0.15) is 12.1 Å². The Labute approximate surface area is 160 Å². The number of rotatable bonds is 3. The van der Waals surface area contributed by atoms with Gasteiger partial charge in [-0.2, -0.15) is 0 Å². The second kappa shape index (κ2) is 5.95. The van der Waals surface area contributed by atoms with Crippen molar-refractivity contribution in [2.24, 2.45) is 23.7 Å². The first-order chi connectivity index (χ1) is 12.9. The molecule has 0 aromatic rings. The highest BCUT2D eigenvalue weighted by Gasteiger charge is 2.56. The Hall–Kier alpha value is -1.59. The molecule has 6 aliphatic rings. The van der Waals surface area contributed by atoms with Gasteiger partial charge in [-0.15, -0.1) is 0 Å². The Bertz CT molecular complexity index is 655. The summed E-state index contributed by atoms with van der Waals surface area (Å²) < 4.78 is 0. The largest absolute Gasteiger partial charge is 0.349 e. The third-order valence-electron chi connectivity index (χ3n) is 8.25. The van der Waals surface area contributed by atoms with Gasteiger partial charge in [0.25, 0.3) is 5.91 Å². The number of carbonyl (C=O) groups is 3. The van der Waals surface area contributed by atoms with Gasteiger partial charge in [-0.05, 0) is 75.0 Å². The highest BCUT2D eigenvalue weighted by Crippen LogP contribution is 2.55. The number of urea groups is 1. The first kappa shape index (κ1) is 17.5. The first-order valence-corrected chi connectivity index (χ1v) is 10.8. The van der Waals surface area contributed by atoms with Crippen LogP contribution in [0.3, 0.4) is 0 Å². The van der Waals surface area contributed by atoms with Crippen molar-refractivity contribution in [2.75, 3.05) is 6.54 Å². The Morgan fingerprint density at radius 1 is 1.11 bits per heavy atom. The third kappa shape index (κ3) is 2.70. The molecule has 0 aromatic carbocycles. The van der Waals surface area contributed by atoms with Crippen LogP contribution in [0.4, 0.5) is 4.79 Å². The highest BCUT2D eigenvalue weighted by atomic mass is 16.2. The lowest BCUT2D eigenvalue weighted by molar-refractivity contribution is -0.138. The molecule has 27 heavy (non-hydrogen) atoms. The standard InChI is InChI=1S/C21H31N3O3/c1-13-4-2-3-5-21(13)18(26)24(19(27)23-21)12-17(25)22-20-9-14-6-15(10-20)8-16(7-14)11-20/h13-16H,2-12H2,1H3,(H,22,25)(H,23,27)/t13-,14?,15?,16?,20?,21-/m1/s1. The van der Waals surface area contributed by atoms with Crippen LogP contribution in [0.25, 0.3) is 0 Å². The van der Waals surface area contributed by atoms with Crippen LogP contribution in [0.5, 0.6) is 0 Å². The van der Waals surface area contributed by atoms with Gasteiger partial charge in [0.05, 0.1) is 0 Å². The van der Waals surface area contributed by atoms with E-state index in [0.717, 1.165) is 61.2 Å². The van der Waals surface area contributed by atoms with E-state index < -0.39 is 11.6 Å². The zero-order valence-electron chi connectivity index (χ0n) is 16.3. The third-order valence-corrected chi connectivity index (χ3v) is 8.25. The van der Waals surface area contributed by atoms with Crippen LogP contribution in [-0.4, -0.2) is 40.4 Å². The molecule has 148 valence electrons. The summed E-state index contributed by atoms with van der Waals surface area (Å²) in [5, 5.41) is 6.22. The summed E-state index contributed by atoms with van der Waals surface area (Å²) in [5.41, 5.74) is -0.864. The van der Waals surface area contributed by atoms with Gasteiger partial charge < -0.3 is 10.6 Å². The van der Waals surface area contributed by atoms with E-state index in [2.05, 4.69) is 10.6 Å². The summed E-state index contributed by atoms with van der Waals surface area (Å²) in [4.78, 5) is 39.6. The molecular formula is C21H31N3O3. The average molecular weight is 373 g/mol. The predicted octanol–water partition coefficient (Wildman–Crippen LogP) is 2.57. The molecule has 5 saturated carbocycles. The van der Waals surface area contributed by atoms with E-state index in [1.165, 1.54) is 19.3 Å². The molecule has 2 N–H and O–H groups in total. The molecule has 2 atom stereocenters. The number of carbonyl (C=O) groups excluding carboxylic acids is 3.